The van der Waals surface area contributed by atoms with Gasteiger partial charge in [0.15, 0.2) is 0 Å². The first kappa shape index (κ1) is 16.7. The maximum atomic E-state index is 12.0. The SMILES string of the molecule is N#Cc1cnc2ccc(Cl)cc2c1NCCNC(=O)c1ccccc1. The van der Waals surface area contributed by atoms with E-state index in [4.69, 9.17) is 11.6 Å². The van der Waals surface area contributed by atoms with Crippen LogP contribution in [0.15, 0.2) is 54.7 Å². The monoisotopic (exact) mass is 350 g/mol. The van der Waals surface area contributed by atoms with E-state index in [9.17, 15) is 10.1 Å². The Balaban J connectivity index is 1.70. The third-order valence-electron chi connectivity index (χ3n) is 3.70. The van der Waals surface area contributed by atoms with Crippen molar-refractivity contribution in [1.29, 1.82) is 5.26 Å². The van der Waals surface area contributed by atoms with Crippen molar-refractivity contribution in [2.75, 3.05) is 18.4 Å². The predicted octanol–water partition coefficient (Wildman–Crippen LogP) is 3.60. The summed E-state index contributed by atoms with van der Waals surface area (Å²) in [7, 11) is 0. The van der Waals surface area contributed by atoms with Crippen LogP contribution in [0.3, 0.4) is 0 Å². The minimum absolute atomic E-state index is 0.134. The lowest BCUT2D eigenvalue weighted by Gasteiger charge is -2.12. The molecule has 0 saturated heterocycles. The van der Waals surface area contributed by atoms with Gasteiger partial charge in [-0.05, 0) is 30.3 Å². The highest BCUT2D eigenvalue weighted by Crippen LogP contribution is 2.27. The highest BCUT2D eigenvalue weighted by Gasteiger charge is 2.09. The topological polar surface area (TPSA) is 77.8 Å². The second-order valence-corrected chi connectivity index (χ2v) is 5.81. The summed E-state index contributed by atoms with van der Waals surface area (Å²) in [6.45, 7) is 0.891. The van der Waals surface area contributed by atoms with E-state index >= 15 is 0 Å². The predicted molar refractivity (Wildman–Crippen MR) is 98.7 cm³/mol. The van der Waals surface area contributed by atoms with Crippen molar-refractivity contribution >= 4 is 34.1 Å². The fourth-order valence-corrected chi connectivity index (χ4v) is 2.67. The van der Waals surface area contributed by atoms with Crippen molar-refractivity contribution in [3.8, 4) is 6.07 Å². The lowest BCUT2D eigenvalue weighted by atomic mass is 10.1. The molecular formula is C19H15ClN4O. The first-order valence-corrected chi connectivity index (χ1v) is 8.12. The molecule has 2 aromatic carbocycles. The number of anilines is 1. The van der Waals surface area contributed by atoms with Crippen molar-refractivity contribution in [2.24, 2.45) is 0 Å². The molecule has 3 rings (SSSR count). The van der Waals surface area contributed by atoms with Gasteiger partial charge in [-0.1, -0.05) is 29.8 Å². The molecular weight excluding hydrogens is 336 g/mol. The van der Waals surface area contributed by atoms with Crippen molar-refractivity contribution in [2.45, 2.75) is 0 Å². The number of hydrogen-bond acceptors (Lipinski definition) is 4. The molecule has 0 bridgehead atoms. The van der Waals surface area contributed by atoms with E-state index in [1.54, 1.807) is 30.3 Å². The van der Waals surface area contributed by atoms with Gasteiger partial charge in [-0.2, -0.15) is 5.26 Å². The number of rotatable bonds is 5. The summed E-state index contributed by atoms with van der Waals surface area (Å²) in [6.07, 6.45) is 1.53. The first-order chi connectivity index (χ1) is 12.2. The molecule has 0 atom stereocenters. The number of fused-ring (bicyclic) bond motifs is 1. The van der Waals surface area contributed by atoms with Crippen molar-refractivity contribution in [3.05, 3.63) is 70.9 Å². The van der Waals surface area contributed by atoms with Gasteiger partial charge in [0.1, 0.15) is 6.07 Å². The van der Waals surface area contributed by atoms with Gasteiger partial charge in [0.2, 0.25) is 0 Å². The zero-order valence-electron chi connectivity index (χ0n) is 13.3. The van der Waals surface area contributed by atoms with Gasteiger partial charge >= 0.3 is 0 Å². The van der Waals surface area contributed by atoms with Gasteiger partial charge in [-0.3, -0.25) is 9.78 Å². The molecule has 25 heavy (non-hydrogen) atoms. The molecule has 5 nitrogen and oxygen atoms in total. The van der Waals surface area contributed by atoms with E-state index in [0.717, 1.165) is 10.9 Å². The fourth-order valence-electron chi connectivity index (χ4n) is 2.50. The van der Waals surface area contributed by atoms with E-state index in [2.05, 4.69) is 21.7 Å². The average molecular weight is 351 g/mol. The molecule has 1 aromatic heterocycles. The van der Waals surface area contributed by atoms with Crippen LogP contribution in [0.5, 0.6) is 0 Å². The minimum Gasteiger partial charge on any atom is -0.382 e. The summed E-state index contributed by atoms with van der Waals surface area (Å²) < 4.78 is 0. The van der Waals surface area contributed by atoms with Crippen molar-refractivity contribution in [1.82, 2.24) is 10.3 Å². The summed E-state index contributed by atoms with van der Waals surface area (Å²) in [4.78, 5) is 16.3. The number of benzene rings is 2. The van der Waals surface area contributed by atoms with Crippen LogP contribution < -0.4 is 10.6 Å². The van der Waals surface area contributed by atoms with Gasteiger partial charge in [0.25, 0.3) is 5.91 Å². The maximum Gasteiger partial charge on any atom is 0.251 e. The summed E-state index contributed by atoms with van der Waals surface area (Å²) in [6, 6.07) is 16.5. The zero-order valence-corrected chi connectivity index (χ0v) is 14.0. The molecule has 3 aromatic rings. The van der Waals surface area contributed by atoms with Crippen LogP contribution in [0.1, 0.15) is 15.9 Å². The molecule has 0 aliphatic carbocycles. The van der Waals surface area contributed by atoms with E-state index in [1.165, 1.54) is 6.20 Å². The molecule has 0 aliphatic rings. The van der Waals surface area contributed by atoms with Crippen LogP contribution in [0.2, 0.25) is 5.02 Å². The van der Waals surface area contributed by atoms with Crippen LogP contribution in [-0.2, 0) is 0 Å². The number of nitrogens with zero attached hydrogens (tertiary/aromatic N) is 2. The smallest absolute Gasteiger partial charge is 0.251 e. The van der Waals surface area contributed by atoms with Crippen LogP contribution >= 0.6 is 11.6 Å². The molecule has 0 spiro atoms. The molecule has 1 heterocycles. The maximum absolute atomic E-state index is 12.0. The van der Waals surface area contributed by atoms with Crippen molar-refractivity contribution < 1.29 is 4.79 Å². The Labute approximate surface area is 150 Å². The number of nitriles is 1. The number of amides is 1. The standard InChI is InChI=1S/C19H15ClN4O/c20-15-6-7-17-16(10-15)18(14(11-21)12-24-17)22-8-9-23-19(25)13-4-2-1-3-5-13/h1-7,10,12H,8-9H2,(H,22,24)(H,23,25). The molecule has 0 fully saturated rings. The summed E-state index contributed by atoms with van der Waals surface area (Å²) >= 11 is 6.06. The second-order valence-electron chi connectivity index (χ2n) is 5.37. The molecule has 124 valence electrons. The van der Waals surface area contributed by atoms with Gasteiger partial charge in [0.05, 0.1) is 16.8 Å². The van der Waals surface area contributed by atoms with E-state index in [-0.39, 0.29) is 5.91 Å². The van der Waals surface area contributed by atoms with Crippen molar-refractivity contribution in [3.63, 3.8) is 0 Å². The Morgan fingerprint density at radius 3 is 2.72 bits per heavy atom. The average Bonchev–Trinajstić information content (AvgIpc) is 2.65. The largest absolute Gasteiger partial charge is 0.382 e. The molecule has 1 amide bonds. The zero-order chi connectivity index (χ0) is 17.6. The summed E-state index contributed by atoms with van der Waals surface area (Å²) in [5.41, 5.74) is 2.47. The number of nitrogens with one attached hydrogen (secondary N) is 2. The molecule has 0 saturated carbocycles. The Bertz CT molecular complexity index is 951. The Kier molecular flexibility index (Phi) is 5.12. The number of aromatic nitrogens is 1. The highest BCUT2D eigenvalue weighted by molar-refractivity contribution is 6.31. The molecule has 0 radical (unpaired) electrons. The normalized spacial score (nSPS) is 10.2. The molecule has 0 unspecified atom stereocenters. The van der Waals surface area contributed by atoms with E-state index < -0.39 is 0 Å². The summed E-state index contributed by atoms with van der Waals surface area (Å²) in [5.74, 6) is -0.134. The lowest BCUT2D eigenvalue weighted by molar-refractivity contribution is 0.0955. The third-order valence-corrected chi connectivity index (χ3v) is 3.93. The fraction of sp³-hybridized carbons (Fsp3) is 0.105. The quantitative estimate of drug-likeness (QED) is 0.689. The van der Waals surface area contributed by atoms with Crippen LogP contribution in [0, 0.1) is 11.3 Å². The number of hydrogen-bond donors (Lipinski definition) is 2. The van der Waals surface area contributed by atoms with Crippen LogP contribution in [0.4, 0.5) is 5.69 Å². The van der Waals surface area contributed by atoms with E-state index in [0.29, 0.717) is 34.9 Å². The minimum atomic E-state index is -0.134. The lowest BCUT2D eigenvalue weighted by Crippen LogP contribution is -2.28. The number of carbonyl (C=O) groups excluding carboxylic acids is 1. The molecule has 6 heteroatoms. The van der Waals surface area contributed by atoms with Gasteiger partial charge in [0, 0.05) is 35.3 Å². The third kappa shape index (κ3) is 3.87. The molecule has 0 aliphatic heterocycles. The Morgan fingerprint density at radius 2 is 1.96 bits per heavy atom. The second kappa shape index (κ2) is 7.65. The molecule has 2 N–H and O–H groups in total. The first-order valence-electron chi connectivity index (χ1n) is 7.74. The van der Waals surface area contributed by atoms with Gasteiger partial charge in [-0.15, -0.1) is 0 Å². The number of halogens is 1. The van der Waals surface area contributed by atoms with Gasteiger partial charge in [-0.25, -0.2) is 0 Å². The Hall–Kier alpha value is -3.10. The van der Waals surface area contributed by atoms with Crippen LogP contribution in [-0.4, -0.2) is 24.0 Å². The van der Waals surface area contributed by atoms with Crippen LogP contribution in [0.25, 0.3) is 10.9 Å². The highest BCUT2D eigenvalue weighted by atomic mass is 35.5. The summed E-state index contributed by atoms with van der Waals surface area (Å²) in [5, 5.41) is 16.7. The van der Waals surface area contributed by atoms with E-state index in [1.807, 2.05) is 18.2 Å². The van der Waals surface area contributed by atoms with Gasteiger partial charge < -0.3 is 10.6 Å². The number of carbonyl (C=O) groups is 1. The Morgan fingerprint density at radius 1 is 1.16 bits per heavy atom. The number of pyridine rings is 1.